The van der Waals surface area contributed by atoms with Crippen LogP contribution in [0, 0.1) is 0 Å². The summed E-state index contributed by atoms with van der Waals surface area (Å²) in [6, 6.07) is 19.1. The van der Waals surface area contributed by atoms with Crippen molar-refractivity contribution in [2.45, 2.75) is 25.9 Å². The lowest BCUT2D eigenvalue weighted by Crippen LogP contribution is -2.30. The topological polar surface area (TPSA) is 3.24 Å². The molecule has 0 aliphatic carbocycles. The first-order valence-electron chi connectivity index (χ1n) is 6.64. The Labute approximate surface area is 133 Å². The zero-order chi connectivity index (χ0) is 13.7. The van der Waals surface area contributed by atoms with Gasteiger partial charge in [0.15, 0.2) is 0 Å². The fourth-order valence-electron chi connectivity index (χ4n) is 2.16. The maximum Gasteiger partial charge on any atom is 0.0451 e. The van der Waals surface area contributed by atoms with Crippen LogP contribution < -0.4 is 0 Å². The number of rotatable bonds is 5. The molecule has 0 heterocycles. The summed E-state index contributed by atoms with van der Waals surface area (Å²) < 4.78 is 0. The predicted octanol–water partition coefficient (Wildman–Crippen LogP) is 4.82. The van der Waals surface area contributed by atoms with Gasteiger partial charge in [0, 0.05) is 17.6 Å². The molecule has 0 saturated heterocycles. The van der Waals surface area contributed by atoms with Crippen LogP contribution in [0.3, 0.4) is 0 Å². The van der Waals surface area contributed by atoms with Crippen LogP contribution in [-0.4, -0.2) is 18.0 Å². The van der Waals surface area contributed by atoms with Crippen molar-refractivity contribution in [2.24, 2.45) is 0 Å². The molecule has 0 N–H and O–H groups in total. The van der Waals surface area contributed by atoms with E-state index < -0.39 is 0 Å². The van der Waals surface area contributed by atoms with Gasteiger partial charge in [0.2, 0.25) is 0 Å². The summed E-state index contributed by atoms with van der Waals surface area (Å²) in [6.07, 6.45) is 1.06. The van der Waals surface area contributed by atoms with E-state index >= 15 is 0 Å². The lowest BCUT2D eigenvalue weighted by atomic mass is 10.1. The number of benzene rings is 2. The summed E-state index contributed by atoms with van der Waals surface area (Å²) in [5.41, 5.74) is 2.56. The Balaban J connectivity index is 0.00000200. The van der Waals surface area contributed by atoms with Crippen molar-refractivity contribution in [2.75, 3.05) is 7.05 Å². The molecule has 0 aliphatic heterocycles. The van der Waals surface area contributed by atoms with Crippen molar-refractivity contribution in [3.63, 3.8) is 0 Å². The third kappa shape index (κ3) is 4.82. The van der Waals surface area contributed by atoms with Crippen LogP contribution in [0.4, 0.5) is 0 Å². The zero-order valence-electron chi connectivity index (χ0n) is 11.9. The van der Waals surface area contributed by atoms with Crippen molar-refractivity contribution >= 4 is 24.0 Å². The summed E-state index contributed by atoms with van der Waals surface area (Å²) in [4.78, 5) is 2.34. The molecule has 1 atom stereocenters. The van der Waals surface area contributed by atoms with Crippen LogP contribution in [0.15, 0.2) is 54.6 Å². The summed E-state index contributed by atoms with van der Waals surface area (Å²) in [6.45, 7) is 3.14. The second-order valence-corrected chi connectivity index (χ2v) is 5.45. The van der Waals surface area contributed by atoms with Crippen molar-refractivity contribution in [1.29, 1.82) is 0 Å². The van der Waals surface area contributed by atoms with E-state index in [0.717, 1.165) is 18.0 Å². The average Bonchev–Trinajstić information content (AvgIpc) is 2.42. The van der Waals surface area contributed by atoms with E-state index in [1.807, 2.05) is 18.2 Å². The number of hydrogen-bond donors (Lipinski definition) is 0. The van der Waals surface area contributed by atoms with E-state index in [2.05, 4.69) is 55.3 Å². The summed E-state index contributed by atoms with van der Waals surface area (Å²) in [7, 11) is 2.15. The zero-order valence-corrected chi connectivity index (χ0v) is 13.5. The molecule has 0 amide bonds. The average molecular weight is 310 g/mol. The van der Waals surface area contributed by atoms with Crippen LogP contribution in [0.5, 0.6) is 0 Å². The van der Waals surface area contributed by atoms with E-state index in [-0.39, 0.29) is 12.4 Å². The molecule has 1 unspecified atom stereocenters. The number of halogens is 2. The van der Waals surface area contributed by atoms with Crippen LogP contribution in [0.2, 0.25) is 5.02 Å². The molecule has 0 radical (unpaired) electrons. The minimum atomic E-state index is 0. The first-order chi connectivity index (χ1) is 9.16. The Bertz CT molecular complexity index is 513. The summed E-state index contributed by atoms with van der Waals surface area (Å²) in [5.74, 6) is 0. The normalized spacial score (nSPS) is 12.0. The number of nitrogens with zero attached hydrogens (tertiary/aromatic N) is 1. The number of likely N-dealkylation sites (N-methyl/N-ethyl adjacent to an activating group) is 1. The highest BCUT2D eigenvalue weighted by atomic mass is 35.5. The van der Waals surface area contributed by atoms with Crippen LogP contribution in [-0.2, 0) is 13.0 Å². The highest BCUT2D eigenvalue weighted by Crippen LogP contribution is 2.18. The molecule has 1 nitrogen and oxygen atoms in total. The Morgan fingerprint density at radius 2 is 1.60 bits per heavy atom. The van der Waals surface area contributed by atoms with Crippen LogP contribution >= 0.6 is 24.0 Å². The lowest BCUT2D eigenvalue weighted by Gasteiger charge is -2.25. The van der Waals surface area contributed by atoms with E-state index in [1.165, 1.54) is 11.1 Å². The second kappa shape index (κ2) is 8.31. The van der Waals surface area contributed by atoms with Gasteiger partial charge in [-0.15, -0.1) is 12.4 Å². The van der Waals surface area contributed by atoms with Gasteiger partial charge >= 0.3 is 0 Å². The molecule has 2 aromatic rings. The minimum absolute atomic E-state index is 0. The molecule has 20 heavy (non-hydrogen) atoms. The van der Waals surface area contributed by atoms with Crippen LogP contribution in [0.25, 0.3) is 0 Å². The quantitative estimate of drug-likeness (QED) is 0.765. The lowest BCUT2D eigenvalue weighted by molar-refractivity contribution is 0.248. The summed E-state index contributed by atoms with van der Waals surface area (Å²) >= 11 is 6.21. The van der Waals surface area contributed by atoms with Crippen LogP contribution in [0.1, 0.15) is 18.1 Å². The molecule has 108 valence electrons. The van der Waals surface area contributed by atoms with E-state index in [0.29, 0.717) is 6.04 Å². The smallest absolute Gasteiger partial charge is 0.0451 e. The summed E-state index contributed by atoms with van der Waals surface area (Å²) in [5, 5.41) is 0.848. The fourth-order valence-corrected chi connectivity index (χ4v) is 2.36. The molecule has 0 spiro atoms. The van der Waals surface area contributed by atoms with Gasteiger partial charge in [-0.3, -0.25) is 4.90 Å². The molecular formula is C17H21Cl2N. The monoisotopic (exact) mass is 309 g/mol. The Morgan fingerprint density at radius 3 is 2.25 bits per heavy atom. The van der Waals surface area contributed by atoms with E-state index in [9.17, 15) is 0 Å². The highest BCUT2D eigenvalue weighted by Gasteiger charge is 2.11. The van der Waals surface area contributed by atoms with Crippen molar-refractivity contribution in [3.05, 3.63) is 70.7 Å². The highest BCUT2D eigenvalue weighted by molar-refractivity contribution is 6.31. The van der Waals surface area contributed by atoms with Gasteiger partial charge in [0.25, 0.3) is 0 Å². The molecule has 3 heteroatoms. The molecule has 2 aromatic carbocycles. The van der Waals surface area contributed by atoms with Gasteiger partial charge in [0.1, 0.15) is 0 Å². The first kappa shape index (κ1) is 17.0. The van der Waals surface area contributed by atoms with Gasteiger partial charge in [-0.05, 0) is 37.6 Å². The second-order valence-electron chi connectivity index (χ2n) is 5.05. The fraction of sp³-hybridized carbons (Fsp3) is 0.294. The molecule has 0 fully saturated rings. The molecular weight excluding hydrogens is 289 g/mol. The number of hydrogen-bond acceptors (Lipinski definition) is 1. The van der Waals surface area contributed by atoms with Gasteiger partial charge in [-0.25, -0.2) is 0 Å². The van der Waals surface area contributed by atoms with E-state index in [4.69, 9.17) is 11.6 Å². The van der Waals surface area contributed by atoms with E-state index in [1.54, 1.807) is 0 Å². The maximum absolute atomic E-state index is 6.21. The molecule has 0 bridgehead atoms. The predicted molar refractivity (Wildman–Crippen MR) is 89.8 cm³/mol. The molecule has 2 rings (SSSR count). The largest absolute Gasteiger partial charge is 0.299 e. The van der Waals surface area contributed by atoms with Crippen molar-refractivity contribution < 1.29 is 0 Å². The maximum atomic E-state index is 6.21. The molecule has 0 saturated carbocycles. The molecule has 0 aromatic heterocycles. The molecule has 0 aliphatic rings. The van der Waals surface area contributed by atoms with Gasteiger partial charge in [-0.1, -0.05) is 60.1 Å². The third-order valence-corrected chi connectivity index (χ3v) is 3.87. The first-order valence-corrected chi connectivity index (χ1v) is 7.02. The van der Waals surface area contributed by atoms with Gasteiger partial charge in [-0.2, -0.15) is 0 Å². The Kier molecular flexibility index (Phi) is 7.08. The van der Waals surface area contributed by atoms with Crippen molar-refractivity contribution in [1.82, 2.24) is 4.90 Å². The Morgan fingerprint density at radius 1 is 1.00 bits per heavy atom. The minimum Gasteiger partial charge on any atom is -0.299 e. The Hall–Kier alpha value is -1.02. The SMILES string of the molecule is CC(Cc1ccccc1)N(C)Cc1ccccc1Cl.Cl. The third-order valence-electron chi connectivity index (χ3n) is 3.50. The standard InChI is InChI=1S/C17H20ClN.ClH/c1-14(12-15-8-4-3-5-9-15)19(2)13-16-10-6-7-11-17(16)18;/h3-11,14H,12-13H2,1-2H3;1H. The van der Waals surface area contributed by atoms with Gasteiger partial charge in [0.05, 0.1) is 0 Å². The van der Waals surface area contributed by atoms with Gasteiger partial charge < -0.3 is 0 Å². The van der Waals surface area contributed by atoms with Crippen molar-refractivity contribution in [3.8, 4) is 0 Å².